The van der Waals surface area contributed by atoms with Crippen LogP contribution in [-0.4, -0.2) is 29.4 Å². The maximum Gasteiger partial charge on any atom is 0.330 e. The molecule has 1 N–H and O–H groups in total. The van der Waals surface area contributed by atoms with Gasteiger partial charge in [-0.3, -0.25) is 9.59 Å². The number of carbonyl (C=O) groups excluding carboxylic acids is 3. The van der Waals surface area contributed by atoms with E-state index < -0.39 is 17.9 Å². The van der Waals surface area contributed by atoms with Crippen LogP contribution in [0.25, 0.3) is 0 Å². The molecule has 0 fully saturated rings. The van der Waals surface area contributed by atoms with Crippen molar-refractivity contribution in [2.45, 2.75) is 67.2 Å². The van der Waals surface area contributed by atoms with E-state index in [0.29, 0.717) is 25.0 Å². The van der Waals surface area contributed by atoms with E-state index in [2.05, 4.69) is 13.5 Å². The highest BCUT2D eigenvalue weighted by Crippen LogP contribution is 2.22. The minimum absolute atomic E-state index is 0.215. The molecule has 32 heavy (non-hydrogen) atoms. The molecule has 0 aromatic rings. The normalized spacial score (nSPS) is 14.8. The number of Topliss-reactive ketones (excluding diaryl/α,β-unsaturated/α-hetero) is 1. The van der Waals surface area contributed by atoms with Crippen molar-refractivity contribution in [1.82, 2.24) is 0 Å². The van der Waals surface area contributed by atoms with Gasteiger partial charge in [-0.05, 0) is 52.5 Å². The SMILES string of the molecule is C=C(O)/C=C(\OC(=O)C(C)C(=O)/C(C)=C/C=C(\C)CCC)C(C)CC/C=C/C(=O)OCC. The lowest BCUT2D eigenvalue weighted by molar-refractivity contribution is -0.147. The van der Waals surface area contributed by atoms with Gasteiger partial charge in [-0.25, -0.2) is 4.79 Å². The Hall–Kier alpha value is -2.89. The molecule has 0 heterocycles. The highest BCUT2D eigenvalue weighted by atomic mass is 16.5. The van der Waals surface area contributed by atoms with Crippen LogP contribution in [-0.2, 0) is 23.9 Å². The van der Waals surface area contributed by atoms with Crippen molar-refractivity contribution < 1.29 is 29.0 Å². The summed E-state index contributed by atoms with van der Waals surface area (Å²) in [6, 6.07) is 0. The van der Waals surface area contributed by atoms with Crippen LogP contribution in [0.4, 0.5) is 0 Å². The minimum atomic E-state index is -0.989. The van der Waals surface area contributed by atoms with Crippen LogP contribution in [0, 0.1) is 11.8 Å². The standard InChI is InChI=1S/C26H38O6/c1-8-12-18(3)15-16-20(5)25(29)22(7)26(30)32-23(17-21(6)27)19(4)13-10-11-14-24(28)31-9-2/h11,14-17,19,22,27H,6,8-10,12-13H2,1-5,7H3/b14-11+,18-15+,20-16+,23-17-. The Morgan fingerprint density at radius 1 is 1.09 bits per heavy atom. The smallest absolute Gasteiger partial charge is 0.330 e. The van der Waals surface area contributed by atoms with Gasteiger partial charge in [0.05, 0.1) is 6.61 Å². The van der Waals surface area contributed by atoms with E-state index in [1.54, 1.807) is 26.0 Å². The minimum Gasteiger partial charge on any atom is -0.508 e. The number of esters is 2. The molecular formula is C26H38O6. The molecule has 0 aliphatic rings. The van der Waals surface area contributed by atoms with Gasteiger partial charge in [-0.15, -0.1) is 0 Å². The summed E-state index contributed by atoms with van der Waals surface area (Å²) >= 11 is 0. The topological polar surface area (TPSA) is 89.9 Å². The monoisotopic (exact) mass is 446 g/mol. The number of hydrogen-bond donors (Lipinski definition) is 1. The Labute approximate surface area is 192 Å². The van der Waals surface area contributed by atoms with Gasteiger partial charge < -0.3 is 14.6 Å². The maximum atomic E-state index is 12.6. The summed E-state index contributed by atoms with van der Waals surface area (Å²) in [5.41, 5.74) is 1.63. The molecule has 0 bridgehead atoms. The van der Waals surface area contributed by atoms with E-state index in [1.165, 1.54) is 19.1 Å². The van der Waals surface area contributed by atoms with Crippen molar-refractivity contribution in [3.05, 3.63) is 59.6 Å². The third-order valence-corrected chi connectivity index (χ3v) is 4.72. The fourth-order valence-electron chi connectivity index (χ4n) is 2.78. The lowest BCUT2D eigenvalue weighted by Crippen LogP contribution is -2.25. The molecule has 2 atom stereocenters. The van der Waals surface area contributed by atoms with Gasteiger partial charge in [-0.1, -0.05) is 50.6 Å². The Balaban J connectivity index is 5.15. The first-order valence-electron chi connectivity index (χ1n) is 11.1. The summed E-state index contributed by atoms with van der Waals surface area (Å²) in [6.45, 7) is 14.5. The first kappa shape index (κ1) is 29.1. The van der Waals surface area contributed by atoms with Crippen molar-refractivity contribution in [1.29, 1.82) is 0 Å². The number of hydrogen-bond acceptors (Lipinski definition) is 6. The van der Waals surface area contributed by atoms with Crippen LogP contribution in [0.1, 0.15) is 67.2 Å². The number of allylic oxidation sites excluding steroid dienone is 7. The number of ketones is 1. The van der Waals surface area contributed by atoms with Gasteiger partial charge in [0.1, 0.15) is 17.4 Å². The van der Waals surface area contributed by atoms with E-state index in [1.807, 2.05) is 19.9 Å². The number of carbonyl (C=O) groups is 3. The molecule has 0 aromatic heterocycles. The molecule has 0 aliphatic carbocycles. The molecular weight excluding hydrogens is 408 g/mol. The summed E-state index contributed by atoms with van der Waals surface area (Å²) in [5, 5.41) is 9.57. The molecule has 0 aliphatic heterocycles. The predicted octanol–water partition coefficient (Wildman–Crippen LogP) is 5.92. The fourth-order valence-corrected chi connectivity index (χ4v) is 2.78. The zero-order valence-electron chi connectivity index (χ0n) is 20.3. The Kier molecular flexibility index (Phi) is 14.4. The van der Waals surface area contributed by atoms with Crippen LogP contribution in [0.2, 0.25) is 0 Å². The first-order chi connectivity index (χ1) is 15.0. The lowest BCUT2D eigenvalue weighted by Gasteiger charge is -2.18. The zero-order chi connectivity index (χ0) is 24.7. The Morgan fingerprint density at radius 2 is 1.75 bits per heavy atom. The van der Waals surface area contributed by atoms with Crippen LogP contribution in [0.5, 0.6) is 0 Å². The van der Waals surface area contributed by atoms with Crippen molar-refractivity contribution in [2.75, 3.05) is 6.61 Å². The average Bonchev–Trinajstić information content (AvgIpc) is 2.73. The van der Waals surface area contributed by atoms with Gasteiger partial charge in [0.2, 0.25) is 0 Å². The summed E-state index contributed by atoms with van der Waals surface area (Å²) in [6.07, 6.45) is 11.0. The molecule has 6 heteroatoms. The van der Waals surface area contributed by atoms with E-state index in [4.69, 9.17) is 9.47 Å². The zero-order valence-corrected chi connectivity index (χ0v) is 20.3. The van der Waals surface area contributed by atoms with Gasteiger partial charge >= 0.3 is 11.9 Å². The van der Waals surface area contributed by atoms with E-state index >= 15 is 0 Å². The second kappa shape index (κ2) is 15.8. The largest absolute Gasteiger partial charge is 0.508 e. The molecule has 6 nitrogen and oxygen atoms in total. The predicted molar refractivity (Wildman–Crippen MR) is 127 cm³/mol. The van der Waals surface area contributed by atoms with Gasteiger partial charge in [0, 0.05) is 18.1 Å². The number of aliphatic hydroxyl groups excluding tert-OH is 1. The highest BCUT2D eigenvalue weighted by molar-refractivity contribution is 6.07. The third-order valence-electron chi connectivity index (χ3n) is 4.72. The lowest BCUT2D eigenvalue weighted by atomic mass is 9.99. The Bertz CT molecular complexity index is 782. The fraction of sp³-hybridized carbons (Fsp3) is 0.500. The molecule has 0 aromatic carbocycles. The van der Waals surface area contributed by atoms with Crippen molar-refractivity contribution in [3.8, 4) is 0 Å². The number of aliphatic hydroxyl groups is 1. The molecule has 178 valence electrons. The highest BCUT2D eigenvalue weighted by Gasteiger charge is 2.26. The average molecular weight is 447 g/mol. The van der Waals surface area contributed by atoms with Gasteiger partial charge in [0.15, 0.2) is 5.78 Å². The maximum absolute atomic E-state index is 12.6. The van der Waals surface area contributed by atoms with Gasteiger partial charge in [0.25, 0.3) is 0 Å². The van der Waals surface area contributed by atoms with Crippen molar-refractivity contribution in [2.24, 2.45) is 11.8 Å². The first-order valence-corrected chi connectivity index (χ1v) is 11.1. The van der Waals surface area contributed by atoms with Crippen LogP contribution in [0.3, 0.4) is 0 Å². The van der Waals surface area contributed by atoms with E-state index in [0.717, 1.165) is 18.4 Å². The van der Waals surface area contributed by atoms with E-state index in [9.17, 15) is 19.5 Å². The quantitative estimate of drug-likeness (QED) is 0.117. The summed E-state index contributed by atoms with van der Waals surface area (Å²) in [7, 11) is 0. The summed E-state index contributed by atoms with van der Waals surface area (Å²) in [4.78, 5) is 36.6. The molecule has 0 spiro atoms. The Morgan fingerprint density at radius 3 is 2.31 bits per heavy atom. The van der Waals surface area contributed by atoms with Crippen molar-refractivity contribution in [3.63, 3.8) is 0 Å². The van der Waals surface area contributed by atoms with Crippen LogP contribution < -0.4 is 0 Å². The van der Waals surface area contributed by atoms with Crippen molar-refractivity contribution >= 4 is 17.7 Å². The molecule has 0 saturated carbocycles. The second-order valence-corrected chi connectivity index (χ2v) is 7.79. The number of ether oxygens (including phenoxy) is 2. The molecule has 0 radical (unpaired) electrons. The summed E-state index contributed by atoms with van der Waals surface area (Å²) < 4.78 is 10.3. The second-order valence-electron chi connectivity index (χ2n) is 7.79. The van der Waals surface area contributed by atoms with Crippen LogP contribution in [0.15, 0.2) is 59.6 Å². The van der Waals surface area contributed by atoms with E-state index in [-0.39, 0.29) is 23.2 Å². The molecule has 0 rings (SSSR count). The number of rotatable bonds is 14. The van der Waals surface area contributed by atoms with Crippen LogP contribution >= 0.6 is 0 Å². The third kappa shape index (κ3) is 12.1. The molecule has 0 amide bonds. The molecule has 2 unspecified atom stereocenters. The molecule has 0 saturated heterocycles. The van der Waals surface area contributed by atoms with Gasteiger partial charge in [-0.2, -0.15) is 0 Å². The summed E-state index contributed by atoms with van der Waals surface area (Å²) in [5.74, 6) is -2.71.